The van der Waals surface area contributed by atoms with Crippen molar-refractivity contribution < 1.29 is 18.3 Å². The van der Waals surface area contributed by atoms with Gasteiger partial charge in [0.05, 0.1) is 12.2 Å². The fourth-order valence-electron chi connectivity index (χ4n) is 2.16. The molecule has 7 heteroatoms. The zero-order valence-electron chi connectivity index (χ0n) is 13.4. The van der Waals surface area contributed by atoms with E-state index in [1.807, 2.05) is 20.9 Å². The van der Waals surface area contributed by atoms with Crippen molar-refractivity contribution in [2.45, 2.75) is 32.9 Å². The fraction of sp³-hybridized carbons (Fsp3) is 0.375. The molecule has 1 aromatic carbocycles. The second-order valence-corrected chi connectivity index (χ2v) is 5.38. The van der Waals surface area contributed by atoms with Crippen LogP contribution in [0.2, 0.25) is 0 Å². The Bertz CT molecular complexity index is 715. The molecule has 0 aliphatic carbocycles. The molecule has 1 aromatic heterocycles. The molecule has 1 heterocycles. The third-order valence-corrected chi connectivity index (χ3v) is 3.67. The Kier molecular flexibility index (Phi) is 4.98. The maximum atomic E-state index is 13.1. The lowest BCUT2D eigenvalue weighted by Gasteiger charge is -2.18. The molecule has 23 heavy (non-hydrogen) atoms. The van der Waals surface area contributed by atoms with E-state index in [2.05, 4.69) is 10.4 Å². The van der Waals surface area contributed by atoms with Crippen LogP contribution in [0.5, 0.6) is 5.75 Å². The standard InChI is InChI=1S/C16H19F2N3O2/c1-9(13-8-19-21(4)10(13)2)20-16(22)11(3)23-12-5-6-14(17)15(18)7-12/h5-9,11H,1-4H3,(H,20,22)/t9-,11+/m0/s1. The van der Waals surface area contributed by atoms with Crippen LogP contribution >= 0.6 is 0 Å². The average Bonchev–Trinajstić information content (AvgIpc) is 2.82. The van der Waals surface area contributed by atoms with Crippen molar-refractivity contribution in [1.82, 2.24) is 15.1 Å². The molecule has 1 amide bonds. The van der Waals surface area contributed by atoms with Crippen molar-refractivity contribution in [1.29, 1.82) is 0 Å². The van der Waals surface area contributed by atoms with E-state index < -0.39 is 17.7 Å². The largest absolute Gasteiger partial charge is 0.481 e. The third kappa shape index (κ3) is 3.85. The number of halogens is 2. The van der Waals surface area contributed by atoms with E-state index in [4.69, 9.17) is 4.74 Å². The Morgan fingerprint density at radius 1 is 1.30 bits per heavy atom. The predicted molar refractivity (Wildman–Crippen MR) is 81.0 cm³/mol. The molecule has 0 radical (unpaired) electrons. The summed E-state index contributed by atoms with van der Waals surface area (Å²) in [7, 11) is 1.82. The lowest BCUT2D eigenvalue weighted by molar-refractivity contribution is -0.127. The Hall–Kier alpha value is -2.44. The van der Waals surface area contributed by atoms with Crippen LogP contribution < -0.4 is 10.1 Å². The highest BCUT2D eigenvalue weighted by molar-refractivity contribution is 5.81. The Morgan fingerprint density at radius 3 is 2.57 bits per heavy atom. The number of rotatable bonds is 5. The molecule has 2 aromatic rings. The number of benzene rings is 1. The lowest BCUT2D eigenvalue weighted by atomic mass is 10.1. The molecule has 1 N–H and O–H groups in total. The zero-order valence-corrected chi connectivity index (χ0v) is 13.4. The van der Waals surface area contributed by atoms with Crippen LogP contribution in [-0.4, -0.2) is 21.8 Å². The van der Waals surface area contributed by atoms with Crippen molar-refractivity contribution >= 4 is 5.91 Å². The smallest absolute Gasteiger partial charge is 0.261 e. The van der Waals surface area contributed by atoms with Gasteiger partial charge >= 0.3 is 0 Å². The first kappa shape index (κ1) is 16.9. The summed E-state index contributed by atoms with van der Waals surface area (Å²) >= 11 is 0. The van der Waals surface area contributed by atoms with Crippen molar-refractivity contribution in [3.63, 3.8) is 0 Å². The Balaban J connectivity index is 1.99. The quantitative estimate of drug-likeness (QED) is 0.920. The molecular formula is C16H19F2N3O2. The van der Waals surface area contributed by atoms with E-state index >= 15 is 0 Å². The number of aromatic nitrogens is 2. The van der Waals surface area contributed by atoms with Crippen LogP contribution in [-0.2, 0) is 11.8 Å². The molecule has 5 nitrogen and oxygen atoms in total. The Labute approximate surface area is 133 Å². The maximum absolute atomic E-state index is 13.1. The highest BCUT2D eigenvalue weighted by atomic mass is 19.2. The van der Waals surface area contributed by atoms with Crippen LogP contribution in [0.3, 0.4) is 0 Å². The first-order valence-electron chi connectivity index (χ1n) is 7.20. The van der Waals surface area contributed by atoms with Gasteiger partial charge in [0.25, 0.3) is 5.91 Å². The topological polar surface area (TPSA) is 56.1 Å². The molecule has 0 spiro atoms. The Morgan fingerprint density at radius 2 is 2.00 bits per heavy atom. The summed E-state index contributed by atoms with van der Waals surface area (Å²) in [5.41, 5.74) is 1.85. The molecule has 2 rings (SSSR count). The molecule has 124 valence electrons. The molecular weight excluding hydrogens is 304 g/mol. The third-order valence-electron chi connectivity index (χ3n) is 3.67. The van der Waals surface area contributed by atoms with E-state index in [1.54, 1.807) is 17.8 Å². The highest BCUT2D eigenvalue weighted by Crippen LogP contribution is 2.18. The number of amides is 1. The summed E-state index contributed by atoms with van der Waals surface area (Å²) < 4.78 is 33.1. The number of aryl methyl sites for hydroxylation is 1. The molecule has 0 saturated heterocycles. The monoisotopic (exact) mass is 323 g/mol. The van der Waals surface area contributed by atoms with Gasteiger partial charge in [-0.15, -0.1) is 0 Å². The molecule has 0 bridgehead atoms. The second-order valence-electron chi connectivity index (χ2n) is 5.38. The highest BCUT2D eigenvalue weighted by Gasteiger charge is 2.20. The number of nitrogens with zero attached hydrogens (tertiary/aromatic N) is 2. The molecule has 2 atom stereocenters. The van der Waals surface area contributed by atoms with Crippen LogP contribution in [0.25, 0.3) is 0 Å². The van der Waals surface area contributed by atoms with Crippen molar-refractivity contribution in [2.75, 3.05) is 0 Å². The first-order chi connectivity index (χ1) is 10.8. The minimum Gasteiger partial charge on any atom is -0.481 e. The number of nitrogens with one attached hydrogen (secondary N) is 1. The van der Waals surface area contributed by atoms with Gasteiger partial charge in [0.15, 0.2) is 17.7 Å². The van der Waals surface area contributed by atoms with Crippen LogP contribution in [0, 0.1) is 18.6 Å². The maximum Gasteiger partial charge on any atom is 0.261 e. The SMILES string of the molecule is Cc1c([C@H](C)NC(=O)[C@@H](C)Oc2ccc(F)c(F)c2)cnn1C. The number of ether oxygens (including phenoxy) is 1. The van der Waals surface area contributed by atoms with Crippen LogP contribution in [0.1, 0.15) is 31.1 Å². The van der Waals surface area contributed by atoms with Crippen molar-refractivity contribution in [3.05, 3.63) is 47.3 Å². The predicted octanol–water partition coefficient (Wildman–Crippen LogP) is 2.65. The van der Waals surface area contributed by atoms with Gasteiger partial charge in [-0.1, -0.05) is 0 Å². The lowest BCUT2D eigenvalue weighted by Crippen LogP contribution is -2.37. The first-order valence-corrected chi connectivity index (χ1v) is 7.20. The van der Waals surface area contributed by atoms with Gasteiger partial charge in [-0.25, -0.2) is 8.78 Å². The minimum absolute atomic E-state index is 0.0942. The van der Waals surface area contributed by atoms with E-state index in [9.17, 15) is 13.6 Å². The number of carbonyl (C=O) groups excluding carboxylic acids is 1. The zero-order chi connectivity index (χ0) is 17.1. The van der Waals surface area contributed by atoms with Crippen LogP contribution in [0.15, 0.2) is 24.4 Å². The van der Waals surface area contributed by atoms with E-state index in [0.717, 1.165) is 23.4 Å². The van der Waals surface area contributed by atoms with Gasteiger partial charge in [-0.2, -0.15) is 5.10 Å². The number of carbonyl (C=O) groups is 1. The van der Waals surface area contributed by atoms with Gasteiger partial charge in [0.2, 0.25) is 0 Å². The van der Waals surface area contributed by atoms with Crippen molar-refractivity contribution in [2.24, 2.45) is 7.05 Å². The summed E-state index contributed by atoms with van der Waals surface area (Å²) in [4.78, 5) is 12.2. The van der Waals surface area contributed by atoms with Gasteiger partial charge in [-0.3, -0.25) is 9.48 Å². The van der Waals surface area contributed by atoms with Gasteiger partial charge in [0.1, 0.15) is 5.75 Å². The number of hydrogen-bond acceptors (Lipinski definition) is 3. The molecule has 0 aliphatic heterocycles. The summed E-state index contributed by atoms with van der Waals surface area (Å²) in [5.74, 6) is -2.24. The summed E-state index contributed by atoms with van der Waals surface area (Å²) in [6, 6.07) is 2.90. The van der Waals surface area contributed by atoms with E-state index in [-0.39, 0.29) is 17.7 Å². The second kappa shape index (κ2) is 6.76. The van der Waals surface area contributed by atoms with E-state index in [1.165, 1.54) is 6.07 Å². The molecule has 0 saturated carbocycles. The van der Waals surface area contributed by atoms with Crippen molar-refractivity contribution in [3.8, 4) is 5.75 Å². The summed E-state index contributed by atoms with van der Waals surface area (Å²) in [5, 5.41) is 6.94. The van der Waals surface area contributed by atoms with Crippen LogP contribution in [0.4, 0.5) is 8.78 Å². The summed E-state index contributed by atoms with van der Waals surface area (Å²) in [6.07, 6.45) is 0.848. The number of hydrogen-bond donors (Lipinski definition) is 1. The average molecular weight is 323 g/mol. The minimum atomic E-state index is -1.02. The van der Waals surface area contributed by atoms with Gasteiger partial charge in [-0.05, 0) is 32.9 Å². The van der Waals surface area contributed by atoms with Gasteiger partial charge in [0, 0.05) is 24.4 Å². The van der Waals surface area contributed by atoms with Gasteiger partial charge < -0.3 is 10.1 Å². The summed E-state index contributed by atoms with van der Waals surface area (Å²) in [6.45, 7) is 5.29. The molecule has 0 fully saturated rings. The molecule has 0 aliphatic rings. The normalized spacial score (nSPS) is 13.5. The fourth-order valence-corrected chi connectivity index (χ4v) is 2.16. The molecule has 0 unspecified atom stereocenters. The van der Waals surface area contributed by atoms with E-state index in [0.29, 0.717) is 0 Å².